The highest BCUT2D eigenvalue weighted by Crippen LogP contribution is 2.36. The van der Waals surface area contributed by atoms with E-state index in [4.69, 9.17) is 0 Å². The van der Waals surface area contributed by atoms with Crippen molar-refractivity contribution in [3.63, 3.8) is 0 Å². The number of nitrogens with zero attached hydrogens (tertiary/aromatic N) is 2. The molecule has 0 aliphatic carbocycles. The molecule has 158 valence electrons. The van der Waals surface area contributed by atoms with Crippen molar-refractivity contribution in [3.8, 4) is 0 Å². The number of hydrogen-bond acceptors (Lipinski definition) is 4. The highest BCUT2D eigenvalue weighted by Gasteiger charge is 2.29. The number of H-pyrrole nitrogens is 1. The molecule has 1 aliphatic rings. The molecule has 30 heavy (non-hydrogen) atoms. The van der Waals surface area contributed by atoms with Crippen LogP contribution < -0.4 is 5.56 Å². The van der Waals surface area contributed by atoms with E-state index in [9.17, 15) is 27.6 Å². The number of aromatic nitrogens is 1. The average molecular weight is 437 g/mol. The van der Waals surface area contributed by atoms with E-state index in [0.29, 0.717) is 37.3 Å². The van der Waals surface area contributed by atoms with Crippen LogP contribution in [0.15, 0.2) is 58.4 Å². The lowest BCUT2D eigenvalue weighted by molar-refractivity contribution is -0.127. The Morgan fingerprint density at radius 2 is 1.60 bits per heavy atom. The maximum atomic E-state index is 12.4. The molecule has 0 atom stereocenters. The Labute approximate surface area is 174 Å². The number of thioether (sulfide) groups is 1. The van der Waals surface area contributed by atoms with E-state index in [1.807, 2.05) is 0 Å². The summed E-state index contributed by atoms with van der Waals surface area (Å²) >= 11 is -0.191. The molecule has 0 unspecified atom stereocenters. The van der Waals surface area contributed by atoms with Gasteiger partial charge in [0.2, 0.25) is 11.5 Å². The van der Waals surface area contributed by atoms with Crippen LogP contribution in [0.2, 0.25) is 0 Å². The fourth-order valence-corrected chi connectivity index (χ4v) is 3.45. The number of carbonyl (C=O) groups is 2. The predicted octanol–water partition coefficient (Wildman–Crippen LogP) is 2.98. The van der Waals surface area contributed by atoms with Crippen molar-refractivity contribution in [2.75, 3.05) is 26.2 Å². The van der Waals surface area contributed by atoms with Crippen molar-refractivity contribution in [1.82, 2.24) is 14.8 Å². The lowest BCUT2D eigenvalue weighted by atomic mass is 10.2. The third-order valence-electron chi connectivity index (χ3n) is 4.44. The molecule has 0 radical (unpaired) electrons. The van der Waals surface area contributed by atoms with Crippen LogP contribution in [-0.2, 0) is 4.79 Å². The van der Waals surface area contributed by atoms with Crippen LogP contribution >= 0.6 is 11.8 Å². The topological polar surface area (TPSA) is 73.5 Å². The Bertz CT molecular complexity index is 974. The summed E-state index contributed by atoms with van der Waals surface area (Å²) in [5.74, 6) is -0.453. The lowest BCUT2D eigenvalue weighted by Crippen LogP contribution is -2.50. The maximum absolute atomic E-state index is 12.4. The van der Waals surface area contributed by atoms with Crippen LogP contribution in [0.4, 0.5) is 13.2 Å². The van der Waals surface area contributed by atoms with Gasteiger partial charge in [0.25, 0.3) is 5.91 Å². The molecule has 0 saturated carbocycles. The number of nitrogens with one attached hydrogen (secondary N) is 1. The lowest BCUT2D eigenvalue weighted by Gasteiger charge is -2.34. The van der Waals surface area contributed by atoms with Crippen LogP contribution in [0.25, 0.3) is 6.08 Å². The minimum Gasteiger partial charge on any atom is -0.336 e. The highest BCUT2D eigenvalue weighted by atomic mass is 32.2. The largest absolute Gasteiger partial charge is 0.446 e. The van der Waals surface area contributed by atoms with Crippen LogP contribution in [-0.4, -0.2) is 58.3 Å². The summed E-state index contributed by atoms with van der Waals surface area (Å²) in [5.41, 5.74) is -3.64. The van der Waals surface area contributed by atoms with E-state index in [0.717, 1.165) is 0 Å². The van der Waals surface area contributed by atoms with E-state index >= 15 is 0 Å². The third-order valence-corrected chi connectivity index (χ3v) is 5.18. The number of rotatable bonds is 4. The van der Waals surface area contributed by atoms with Gasteiger partial charge in [0.1, 0.15) is 0 Å². The van der Waals surface area contributed by atoms with Gasteiger partial charge < -0.3 is 14.8 Å². The minimum absolute atomic E-state index is 0.0780. The molecule has 2 aromatic rings. The summed E-state index contributed by atoms with van der Waals surface area (Å²) < 4.78 is 37.1. The van der Waals surface area contributed by atoms with Crippen molar-refractivity contribution >= 4 is 29.7 Å². The number of hydrogen-bond donors (Lipinski definition) is 1. The molecule has 1 fully saturated rings. The second-order valence-corrected chi connectivity index (χ2v) is 7.65. The highest BCUT2D eigenvalue weighted by molar-refractivity contribution is 8.00. The summed E-state index contributed by atoms with van der Waals surface area (Å²) in [6, 6.07) is 8.47. The fourth-order valence-electron chi connectivity index (χ4n) is 2.91. The SMILES string of the molecule is O=C(C=Cc1ccc(SC(F)(F)F)cc1)N1CCN(C(=O)c2ccc(=O)[nH]c2)CC1. The second-order valence-electron chi connectivity index (χ2n) is 6.51. The number of carbonyl (C=O) groups excluding carboxylic acids is 2. The van der Waals surface area contributed by atoms with Gasteiger partial charge in [-0.05, 0) is 41.6 Å². The first kappa shape index (κ1) is 21.7. The van der Waals surface area contributed by atoms with Crippen molar-refractivity contribution in [3.05, 3.63) is 70.2 Å². The number of piperazine rings is 1. The Kier molecular flexibility index (Phi) is 6.66. The van der Waals surface area contributed by atoms with E-state index in [1.54, 1.807) is 15.9 Å². The molecular formula is C20H18F3N3O3S. The van der Waals surface area contributed by atoms with Crippen molar-refractivity contribution in [2.45, 2.75) is 10.4 Å². The Morgan fingerprint density at radius 3 is 2.17 bits per heavy atom. The van der Waals surface area contributed by atoms with Gasteiger partial charge in [-0.15, -0.1) is 0 Å². The van der Waals surface area contributed by atoms with E-state index in [2.05, 4.69) is 4.98 Å². The zero-order valence-electron chi connectivity index (χ0n) is 15.7. The molecule has 6 nitrogen and oxygen atoms in total. The second kappa shape index (κ2) is 9.21. The first-order valence-corrected chi connectivity index (χ1v) is 9.84. The monoisotopic (exact) mass is 437 g/mol. The summed E-state index contributed by atoms with van der Waals surface area (Å²) in [4.78, 5) is 41.6. The average Bonchev–Trinajstić information content (AvgIpc) is 2.72. The van der Waals surface area contributed by atoms with Gasteiger partial charge in [0, 0.05) is 49.4 Å². The molecule has 1 saturated heterocycles. The zero-order valence-corrected chi connectivity index (χ0v) is 16.5. The van der Waals surface area contributed by atoms with E-state index < -0.39 is 5.51 Å². The summed E-state index contributed by atoms with van der Waals surface area (Å²) in [6.07, 6.45) is 4.27. The summed E-state index contributed by atoms with van der Waals surface area (Å²) in [7, 11) is 0. The molecule has 2 amide bonds. The minimum atomic E-state index is -4.34. The predicted molar refractivity (Wildman–Crippen MR) is 107 cm³/mol. The molecule has 2 heterocycles. The first-order valence-electron chi connectivity index (χ1n) is 9.02. The smallest absolute Gasteiger partial charge is 0.336 e. The van der Waals surface area contributed by atoms with Crippen LogP contribution in [0, 0.1) is 0 Å². The van der Waals surface area contributed by atoms with Crippen LogP contribution in [0.5, 0.6) is 0 Å². The molecule has 10 heteroatoms. The maximum Gasteiger partial charge on any atom is 0.446 e. The van der Waals surface area contributed by atoms with Gasteiger partial charge in [0.15, 0.2) is 0 Å². The first-order chi connectivity index (χ1) is 14.2. The molecule has 1 N–H and O–H groups in total. The van der Waals surface area contributed by atoms with E-state index in [1.165, 1.54) is 48.7 Å². The van der Waals surface area contributed by atoms with Gasteiger partial charge in [-0.2, -0.15) is 13.2 Å². The molecule has 0 spiro atoms. The standard InChI is InChI=1S/C20H18F3N3O3S/c21-20(22,23)30-16-5-1-14(2-6-16)3-8-18(28)25-9-11-26(12-10-25)19(29)15-4-7-17(27)24-13-15/h1-8,13H,9-12H2,(H,24,27). The normalized spacial score (nSPS) is 14.9. The van der Waals surface area contributed by atoms with Gasteiger partial charge in [-0.1, -0.05) is 12.1 Å². The third kappa shape index (κ3) is 5.99. The Balaban J connectivity index is 1.52. The quantitative estimate of drug-likeness (QED) is 0.590. The number of benzene rings is 1. The Hall–Kier alpha value is -3.01. The fraction of sp³-hybridized carbons (Fsp3) is 0.250. The molecule has 3 rings (SSSR count). The summed E-state index contributed by atoms with van der Waals surface area (Å²) in [6.45, 7) is 1.45. The van der Waals surface area contributed by atoms with Crippen molar-refractivity contribution in [1.29, 1.82) is 0 Å². The zero-order chi connectivity index (χ0) is 21.7. The molecule has 1 aromatic carbocycles. The Morgan fingerprint density at radius 1 is 0.967 bits per heavy atom. The number of pyridine rings is 1. The van der Waals surface area contributed by atoms with Crippen LogP contribution in [0.3, 0.4) is 0 Å². The number of aromatic amines is 1. The van der Waals surface area contributed by atoms with E-state index in [-0.39, 0.29) is 34.0 Å². The summed E-state index contributed by atoms with van der Waals surface area (Å²) in [5, 5.41) is 0. The number of amides is 2. The van der Waals surface area contributed by atoms with Gasteiger partial charge in [-0.3, -0.25) is 14.4 Å². The van der Waals surface area contributed by atoms with Crippen LogP contribution in [0.1, 0.15) is 15.9 Å². The molecule has 1 aliphatic heterocycles. The molecular weight excluding hydrogens is 419 g/mol. The van der Waals surface area contributed by atoms with Crippen molar-refractivity contribution < 1.29 is 22.8 Å². The van der Waals surface area contributed by atoms with Gasteiger partial charge >= 0.3 is 5.51 Å². The van der Waals surface area contributed by atoms with Gasteiger partial charge in [-0.25, -0.2) is 0 Å². The van der Waals surface area contributed by atoms with Crippen molar-refractivity contribution in [2.24, 2.45) is 0 Å². The molecule has 1 aromatic heterocycles. The number of alkyl halides is 3. The number of halogens is 3. The molecule has 0 bridgehead atoms. The van der Waals surface area contributed by atoms with Gasteiger partial charge in [0.05, 0.1) is 5.56 Å².